The van der Waals surface area contributed by atoms with Crippen molar-refractivity contribution in [3.8, 4) is 0 Å². The van der Waals surface area contributed by atoms with Gasteiger partial charge in [0.2, 0.25) is 9.47 Å². The van der Waals surface area contributed by atoms with E-state index in [1.165, 1.54) is 29.4 Å². The van der Waals surface area contributed by atoms with E-state index in [9.17, 15) is 13.2 Å². The van der Waals surface area contributed by atoms with Crippen LogP contribution in [0.1, 0.15) is 22.3 Å². The van der Waals surface area contributed by atoms with E-state index in [-0.39, 0.29) is 26.6 Å². The number of anilines is 2. The van der Waals surface area contributed by atoms with Crippen molar-refractivity contribution in [2.75, 3.05) is 29.9 Å². The average molecular weight is 512 g/mol. The molecule has 1 aromatic heterocycles. The Morgan fingerprint density at radius 2 is 1.97 bits per heavy atom. The first-order chi connectivity index (χ1) is 15.3. The minimum absolute atomic E-state index is 0.0510. The highest BCUT2D eigenvalue weighted by atomic mass is 35.5. The lowest BCUT2D eigenvalue weighted by Gasteiger charge is -2.19. The summed E-state index contributed by atoms with van der Waals surface area (Å²) in [5.74, 6) is -0.536. The molecule has 0 bridgehead atoms. The molecule has 32 heavy (non-hydrogen) atoms. The zero-order valence-electron chi connectivity index (χ0n) is 16.7. The van der Waals surface area contributed by atoms with Crippen LogP contribution in [0.2, 0.25) is 10.0 Å². The third-order valence-electron chi connectivity index (χ3n) is 4.91. The molecule has 3 aromatic rings. The van der Waals surface area contributed by atoms with Crippen molar-refractivity contribution in [1.29, 1.82) is 0 Å². The Kier molecular flexibility index (Phi) is 6.96. The van der Waals surface area contributed by atoms with Gasteiger partial charge in [0.1, 0.15) is 0 Å². The molecule has 0 saturated heterocycles. The Balaban J connectivity index is 1.30. The van der Waals surface area contributed by atoms with Gasteiger partial charge in [-0.2, -0.15) is 0 Å². The summed E-state index contributed by atoms with van der Waals surface area (Å²) < 4.78 is 27.4. The highest BCUT2D eigenvalue weighted by Crippen LogP contribution is 2.27. The van der Waals surface area contributed by atoms with Crippen LogP contribution in [0, 0.1) is 0 Å². The lowest BCUT2D eigenvalue weighted by Crippen LogP contribution is -2.29. The van der Waals surface area contributed by atoms with Crippen LogP contribution in [0.15, 0.2) is 46.8 Å². The predicted molar refractivity (Wildman–Crippen MR) is 126 cm³/mol. The lowest BCUT2D eigenvalue weighted by atomic mass is 10.2. The Bertz CT molecular complexity index is 1250. The summed E-state index contributed by atoms with van der Waals surface area (Å²) in [5.41, 5.74) is 2.72. The second-order valence-corrected chi connectivity index (χ2v) is 10.8. The van der Waals surface area contributed by atoms with Crippen molar-refractivity contribution < 1.29 is 13.2 Å². The molecule has 1 amide bonds. The van der Waals surface area contributed by atoms with Crippen LogP contribution in [0.25, 0.3) is 0 Å². The minimum atomic E-state index is -3.83. The van der Waals surface area contributed by atoms with Gasteiger partial charge in [0.25, 0.3) is 15.9 Å². The first-order valence-corrected chi connectivity index (χ1v) is 12.8. The molecule has 0 fully saturated rings. The summed E-state index contributed by atoms with van der Waals surface area (Å²) in [5, 5.41) is 10.6. The van der Waals surface area contributed by atoms with E-state index in [1.54, 1.807) is 0 Å². The van der Waals surface area contributed by atoms with Crippen molar-refractivity contribution >= 4 is 61.3 Å². The molecule has 2 N–H and O–H groups in total. The maximum Gasteiger partial charge on any atom is 0.269 e. The number of rotatable bonds is 8. The van der Waals surface area contributed by atoms with Crippen molar-refractivity contribution in [3.05, 3.63) is 63.6 Å². The number of carbonyl (C=O) groups excluding carboxylic acids is 1. The number of hydrogen-bond donors (Lipinski definition) is 2. The topological polar surface area (TPSA) is 104 Å². The molecule has 8 nitrogen and oxygen atoms in total. The van der Waals surface area contributed by atoms with Gasteiger partial charge in [-0.15, -0.1) is 10.2 Å². The highest BCUT2D eigenvalue weighted by molar-refractivity contribution is 7.91. The number of amides is 1. The van der Waals surface area contributed by atoms with Gasteiger partial charge in [-0.1, -0.05) is 52.7 Å². The van der Waals surface area contributed by atoms with E-state index in [0.29, 0.717) is 11.4 Å². The maximum absolute atomic E-state index is 12.5. The molecule has 1 aliphatic heterocycles. The Morgan fingerprint density at radius 1 is 1.16 bits per heavy atom. The first kappa shape index (κ1) is 22.9. The molecular weight excluding hydrogens is 493 g/mol. The SMILES string of the molecule is O=C(Nc1nnc(S(=O)(=O)NCCCN2CCc3ccccc32)s1)c1ccc(Cl)cc1Cl. The number of sulfonamides is 1. The average Bonchev–Trinajstić information content (AvgIpc) is 3.39. The monoisotopic (exact) mass is 511 g/mol. The van der Waals surface area contributed by atoms with Gasteiger partial charge in [-0.05, 0) is 42.7 Å². The summed E-state index contributed by atoms with van der Waals surface area (Å²) in [6, 6.07) is 12.7. The molecule has 1 aliphatic rings. The van der Waals surface area contributed by atoms with Crippen LogP contribution in [-0.4, -0.2) is 44.2 Å². The largest absolute Gasteiger partial charge is 0.371 e. The Morgan fingerprint density at radius 3 is 2.78 bits per heavy atom. The molecule has 4 rings (SSSR count). The third kappa shape index (κ3) is 5.21. The molecular formula is C20H19Cl2N5O3S2. The van der Waals surface area contributed by atoms with Gasteiger partial charge in [-0.25, -0.2) is 13.1 Å². The summed E-state index contributed by atoms with van der Waals surface area (Å²) in [6.07, 6.45) is 1.65. The van der Waals surface area contributed by atoms with Crippen molar-refractivity contribution in [2.24, 2.45) is 0 Å². The van der Waals surface area contributed by atoms with Crippen molar-refractivity contribution in [2.45, 2.75) is 17.2 Å². The number of halogens is 2. The summed E-state index contributed by atoms with van der Waals surface area (Å²) in [4.78, 5) is 14.6. The van der Waals surface area contributed by atoms with Crippen LogP contribution in [0.4, 0.5) is 10.8 Å². The molecule has 0 saturated carbocycles. The fourth-order valence-electron chi connectivity index (χ4n) is 3.38. The first-order valence-electron chi connectivity index (χ1n) is 9.76. The Hall–Kier alpha value is -2.24. The van der Waals surface area contributed by atoms with Gasteiger partial charge >= 0.3 is 0 Å². The zero-order chi connectivity index (χ0) is 22.7. The zero-order valence-corrected chi connectivity index (χ0v) is 19.9. The van der Waals surface area contributed by atoms with E-state index in [2.05, 4.69) is 37.3 Å². The second-order valence-electron chi connectivity index (χ2n) is 7.07. The molecule has 0 radical (unpaired) electrons. The molecule has 168 valence electrons. The normalized spacial score (nSPS) is 13.2. The molecule has 0 atom stereocenters. The molecule has 0 aliphatic carbocycles. The molecule has 0 unspecified atom stereocenters. The molecule has 2 aromatic carbocycles. The van der Waals surface area contributed by atoms with E-state index >= 15 is 0 Å². The number of hydrogen-bond acceptors (Lipinski definition) is 7. The minimum Gasteiger partial charge on any atom is -0.371 e. The number of para-hydroxylation sites is 1. The van der Waals surface area contributed by atoms with Crippen LogP contribution in [0.3, 0.4) is 0 Å². The van der Waals surface area contributed by atoms with E-state index in [1.807, 2.05) is 12.1 Å². The summed E-state index contributed by atoms with van der Waals surface area (Å²) in [7, 11) is -3.83. The fourth-order valence-corrected chi connectivity index (χ4v) is 5.89. The van der Waals surface area contributed by atoms with E-state index in [4.69, 9.17) is 23.2 Å². The number of nitrogens with one attached hydrogen (secondary N) is 2. The second kappa shape index (κ2) is 9.72. The maximum atomic E-state index is 12.5. The third-order valence-corrected chi connectivity index (χ3v) is 8.13. The van der Waals surface area contributed by atoms with Gasteiger partial charge in [0.15, 0.2) is 0 Å². The predicted octanol–water partition coefficient (Wildman–Crippen LogP) is 3.83. The van der Waals surface area contributed by atoms with Crippen LogP contribution in [0.5, 0.6) is 0 Å². The summed E-state index contributed by atoms with van der Waals surface area (Å²) >= 11 is 12.6. The number of nitrogens with zero attached hydrogens (tertiary/aromatic N) is 3. The smallest absolute Gasteiger partial charge is 0.269 e. The van der Waals surface area contributed by atoms with Gasteiger partial charge in [-0.3, -0.25) is 10.1 Å². The fraction of sp³-hybridized carbons (Fsp3) is 0.250. The van der Waals surface area contributed by atoms with Gasteiger partial charge in [0.05, 0.1) is 10.6 Å². The van der Waals surface area contributed by atoms with Gasteiger partial charge in [0, 0.05) is 30.3 Å². The lowest BCUT2D eigenvalue weighted by molar-refractivity contribution is 0.102. The number of fused-ring (bicyclic) bond motifs is 1. The van der Waals surface area contributed by atoms with Crippen LogP contribution >= 0.6 is 34.5 Å². The van der Waals surface area contributed by atoms with Crippen molar-refractivity contribution in [1.82, 2.24) is 14.9 Å². The van der Waals surface area contributed by atoms with Crippen molar-refractivity contribution in [3.63, 3.8) is 0 Å². The molecule has 2 heterocycles. The quantitative estimate of drug-likeness (QED) is 0.351. The van der Waals surface area contributed by atoms with Crippen LogP contribution in [-0.2, 0) is 16.4 Å². The van der Waals surface area contributed by atoms with E-state index < -0.39 is 15.9 Å². The number of aromatic nitrogens is 2. The summed E-state index contributed by atoms with van der Waals surface area (Å²) in [6.45, 7) is 1.95. The standard InChI is InChI=1S/C20H19Cl2N5O3S2/c21-14-6-7-15(16(22)12-14)18(28)24-19-25-26-20(31-19)32(29,30)23-9-3-10-27-11-8-13-4-1-2-5-17(13)27/h1-2,4-7,12,23H,3,8-11H2,(H,24,25,28). The van der Waals surface area contributed by atoms with Crippen LogP contribution < -0.4 is 14.9 Å². The highest BCUT2D eigenvalue weighted by Gasteiger charge is 2.22. The molecule has 0 spiro atoms. The van der Waals surface area contributed by atoms with E-state index in [0.717, 1.165) is 30.8 Å². The Labute approximate surface area is 199 Å². The van der Waals surface area contributed by atoms with Gasteiger partial charge < -0.3 is 4.90 Å². The number of carbonyl (C=O) groups is 1. The number of benzene rings is 2. The molecule has 12 heteroatoms.